The molecular weight excluding hydrogens is 288 g/mol. The number of benzene rings is 1. The van der Waals surface area contributed by atoms with Crippen LogP contribution in [-0.2, 0) is 4.74 Å². The van der Waals surface area contributed by atoms with Gasteiger partial charge >= 0.3 is 5.69 Å². The molecule has 1 saturated heterocycles. The van der Waals surface area contributed by atoms with Crippen LogP contribution < -0.4 is 11.2 Å². The standard InChI is InChI=1S/C15H16N2O5/c18-8-10-6-12(19)14(22-10)17-7-11(13(20)16-15(17)21)9-4-2-1-3-5-9/h1-5,7,10,12,14,18-19H,6,8H2,(H,16,20,21)/t10-,12+,14+/m0/s1. The predicted molar refractivity (Wildman–Crippen MR) is 78.4 cm³/mol. The highest BCUT2D eigenvalue weighted by Gasteiger charge is 2.35. The van der Waals surface area contributed by atoms with E-state index in [1.807, 2.05) is 6.07 Å². The maximum absolute atomic E-state index is 12.0. The van der Waals surface area contributed by atoms with E-state index >= 15 is 0 Å². The highest BCUT2D eigenvalue weighted by atomic mass is 16.5. The van der Waals surface area contributed by atoms with E-state index in [2.05, 4.69) is 4.98 Å². The molecule has 0 spiro atoms. The first-order valence-corrected chi connectivity index (χ1v) is 6.95. The molecule has 1 aromatic heterocycles. The summed E-state index contributed by atoms with van der Waals surface area (Å²) in [5.41, 5.74) is -0.196. The molecule has 7 nitrogen and oxygen atoms in total. The minimum absolute atomic E-state index is 0.230. The zero-order valence-corrected chi connectivity index (χ0v) is 11.7. The predicted octanol–water partition coefficient (Wildman–Crippen LogP) is -0.156. The minimum atomic E-state index is -0.927. The van der Waals surface area contributed by atoms with Crippen molar-refractivity contribution in [3.63, 3.8) is 0 Å². The number of nitrogens with zero attached hydrogens (tertiary/aromatic N) is 1. The lowest BCUT2D eigenvalue weighted by Gasteiger charge is -2.18. The first-order chi connectivity index (χ1) is 10.6. The van der Waals surface area contributed by atoms with Gasteiger partial charge in [0, 0.05) is 12.6 Å². The summed E-state index contributed by atoms with van der Waals surface area (Å²) in [4.78, 5) is 26.2. The van der Waals surface area contributed by atoms with Gasteiger partial charge in [0.15, 0.2) is 6.23 Å². The summed E-state index contributed by atoms with van der Waals surface area (Å²) in [6.07, 6.45) is -0.773. The van der Waals surface area contributed by atoms with Crippen LogP contribution in [-0.4, -0.2) is 38.6 Å². The molecule has 1 aliphatic rings. The second-order valence-corrected chi connectivity index (χ2v) is 5.21. The van der Waals surface area contributed by atoms with Gasteiger partial charge in [0.1, 0.15) is 6.10 Å². The van der Waals surface area contributed by atoms with E-state index in [0.29, 0.717) is 11.1 Å². The number of aliphatic hydroxyl groups is 2. The van der Waals surface area contributed by atoms with Crippen molar-refractivity contribution < 1.29 is 14.9 Å². The fourth-order valence-electron chi connectivity index (χ4n) is 2.60. The van der Waals surface area contributed by atoms with Crippen molar-refractivity contribution in [1.82, 2.24) is 9.55 Å². The summed E-state index contributed by atoms with van der Waals surface area (Å²) in [5.74, 6) is 0. The molecule has 3 atom stereocenters. The fourth-order valence-corrected chi connectivity index (χ4v) is 2.60. The molecule has 0 aliphatic carbocycles. The third kappa shape index (κ3) is 2.61. The van der Waals surface area contributed by atoms with Gasteiger partial charge in [-0.2, -0.15) is 0 Å². The number of ether oxygens (including phenoxy) is 1. The first kappa shape index (κ1) is 14.7. The number of hydrogen-bond acceptors (Lipinski definition) is 5. The van der Waals surface area contributed by atoms with Gasteiger partial charge < -0.3 is 14.9 Å². The second-order valence-electron chi connectivity index (χ2n) is 5.21. The van der Waals surface area contributed by atoms with Crippen LogP contribution in [0.5, 0.6) is 0 Å². The van der Waals surface area contributed by atoms with Gasteiger partial charge in [-0.1, -0.05) is 30.3 Å². The highest BCUT2D eigenvalue weighted by molar-refractivity contribution is 5.60. The average molecular weight is 304 g/mol. The van der Waals surface area contributed by atoms with Gasteiger partial charge in [-0.25, -0.2) is 4.79 Å². The number of H-pyrrole nitrogens is 1. The molecule has 2 heterocycles. The van der Waals surface area contributed by atoms with Crippen molar-refractivity contribution >= 4 is 0 Å². The first-order valence-electron chi connectivity index (χ1n) is 6.95. The quantitative estimate of drug-likeness (QED) is 0.731. The van der Waals surface area contributed by atoms with Gasteiger partial charge in [0.2, 0.25) is 0 Å². The van der Waals surface area contributed by atoms with Crippen LogP contribution in [0.25, 0.3) is 11.1 Å². The molecule has 2 aromatic rings. The van der Waals surface area contributed by atoms with Gasteiger partial charge in [0.25, 0.3) is 5.56 Å². The number of hydrogen-bond donors (Lipinski definition) is 3. The Morgan fingerprint density at radius 1 is 1.27 bits per heavy atom. The van der Waals surface area contributed by atoms with E-state index in [9.17, 15) is 14.7 Å². The molecule has 1 aliphatic heterocycles. The summed E-state index contributed by atoms with van der Waals surface area (Å²) in [6.45, 7) is -0.239. The Balaban J connectivity index is 2.06. The fraction of sp³-hybridized carbons (Fsp3) is 0.333. The maximum atomic E-state index is 12.0. The van der Waals surface area contributed by atoms with Crippen LogP contribution in [0.4, 0.5) is 0 Å². The van der Waals surface area contributed by atoms with E-state index < -0.39 is 29.7 Å². The normalized spacial score (nSPS) is 24.5. The molecule has 0 radical (unpaired) electrons. The van der Waals surface area contributed by atoms with Crippen molar-refractivity contribution in [2.24, 2.45) is 0 Å². The van der Waals surface area contributed by atoms with Crippen LogP contribution in [0.3, 0.4) is 0 Å². The summed E-state index contributed by atoms with van der Waals surface area (Å²) < 4.78 is 6.62. The van der Waals surface area contributed by atoms with E-state index in [1.165, 1.54) is 6.20 Å². The van der Waals surface area contributed by atoms with Gasteiger partial charge in [-0.15, -0.1) is 0 Å². The summed E-state index contributed by atoms with van der Waals surface area (Å²) in [7, 11) is 0. The van der Waals surface area contributed by atoms with Crippen LogP contribution in [0.15, 0.2) is 46.1 Å². The molecule has 1 fully saturated rings. The number of aromatic amines is 1. The molecule has 0 bridgehead atoms. The van der Waals surface area contributed by atoms with E-state index in [4.69, 9.17) is 9.84 Å². The van der Waals surface area contributed by atoms with Crippen LogP contribution >= 0.6 is 0 Å². The van der Waals surface area contributed by atoms with Crippen molar-refractivity contribution in [3.05, 3.63) is 57.4 Å². The molecule has 0 saturated carbocycles. The Morgan fingerprint density at radius 3 is 2.64 bits per heavy atom. The Hall–Kier alpha value is -2.22. The molecular formula is C15H16N2O5. The SMILES string of the molecule is O=c1[nH]c(=O)n([C@@H]2O[C@H](CO)C[C@H]2O)cc1-c1ccccc1. The Morgan fingerprint density at radius 2 is 2.00 bits per heavy atom. The Kier molecular flexibility index (Phi) is 3.93. The van der Waals surface area contributed by atoms with E-state index in [0.717, 1.165) is 4.57 Å². The number of aromatic nitrogens is 2. The van der Waals surface area contributed by atoms with E-state index in [1.54, 1.807) is 24.3 Å². The topological polar surface area (TPSA) is 105 Å². The number of rotatable bonds is 3. The number of nitrogens with one attached hydrogen (secondary N) is 1. The molecule has 7 heteroatoms. The Bertz CT molecular complexity index is 767. The molecule has 22 heavy (non-hydrogen) atoms. The largest absolute Gasteiger partial charge is 0.394 e. The second kappa shape index (κ2) is 5.88. The monoisotopic (exact) mass is 304 g/mol. The zero-order chi connectivity index (χ0) is 15.7. The molecule has 3 rings (SSSR count). The smallest absolute Gasteiger partial charge is 0.330 e. The molecule has 0 amide bonds. The van der Waals surface area contributed by atoms with Gasteiger partial charge in [0.05, 0.1) is 18.3 Å². The average Bonchev–Trinajstić information content (AvgIpc) is 2.89. The molecule has 116 valence electrons. The van der Waals surface area contributed by atoms with Crippen molar-refractivity contribution in [1.29, 1.82) is 0 Å². The van der Waals surface area contributed by atoms with Crippen molar-refractivity contribution in [3.8, 4) is 11.1 Å². The minimum Gasteiger partial charge on any atom is -0.394 e. The van der Waals surface area contributed by atoms with Crippen LogP contribution in [0.1, 0.15) is 12.6 Å². The lowest BCUT2D eigenvalue weighted by atomic mass is 10.1. The lowest BCUT2D eigenvalue weighted by Crippen LogP contribution is -2.36. The molecule has 0 unspecified atom stereocenters. The summed E-state index contributed by atoms with van der Waals surface area (Å²) in [5, 5.41) is 19.1. The molecule has 3 N–H and O–H groups in total. The third-order valence-electron chi connectivity index (χ3n) is 3.70. The lowest BCUT2D eigenvalue weighted by molar-refractivity contribution is -0.0529. The van der Waals surface area contributed by atoms with Crippen molar-refractivity contribution in [2.45, 2.75) is 24.9 Å². The zero-order valence-electron chi connectivity index (χ0n) is 11.7. The summed E-state index contributed by atoms with van der Waals surface area (Å²) >= 11 is 0. The number of aliphatic hydroxyl groups excluding tert-OH is 2. The van der Waals surface area contributed by atoms with E-state index in [-0.39, 0.29) is 13.0 Å². The Labute approximate surface area is 125 Å². The highest BCUT2D eigenvalue weighted by Crippen LogP contribution is 2.28. The molecule has 1 aromatic carbocycles. The van der Waals surface area contributed by atoms with Crippen molar-refractivity contribution in [2.75, 3.05) is 6.61 Å². The van der Waals surface area contributed by atoms with Gasteiger partial charge in [-0.05, 0) is 5.56 Å². The third-order valence-corrected chi connectivity index (χ3v) is 3.70. The summed E-state index contributed by atoms with van der Waals surface area (Å²) in [6, 6.07) is 8.90. The van der Waals surface area contributed by atoms with Crippen LogP contribution in [0, 0.1) is 0 Å². The van der Waals surface area contributed by atoms with Gasteiger partial charge in [-0.3, -0.25) is 14.3 Å². The maximum Gasteiger partial charge on any atom is 0.330 e. The van der Waals surface area contributed by atoms with Crippen LogP contribution in [0.2, 0.25) is 0 Å².